The zero-order chi connectivity index (χ0) is 29.1. The second-order valence-electron chi connectivity index (χ2n) is 9.37. The number of rotatable bonds is 9. The van der Waals surface area contributed by atoms with E-state index in [4.69, 9.17) is 16.7 Å². The number of nitrogens with zero attached hydrogens (tertiary/aromatic N) is 3. The minimum Gasteiger partial charge on any atom is -0.480 e. The SMILES string of the molecule is CN(C(Cc1ccccc1)C(=O)O)S(=O)(=O)c1ccc(-n2nc(-c3ccc(Cl)cc3)cc2-c2ccccc2Br)cc1. The van der Waals surface area contributed by atoms with Gasteiger partial charge in [0, 0.05) is 27.7 Å². The average Bonchev–Trinajstić information content (AvgIpc) is 3.42. The van der Waals surface area contributed by atoms with E-state index in [-0.39, 0.29) is 11.3 Å². The highest BCUT2D eigenvalue weighted by molar-refractivity contribution is 9.10. The van der Waals surface area contributed by atoms with Gasteiger partial charge in [-0.15, -0.1) is 0 Å². The number of sulfonamides is 1. The summed E-state index contributed by atoms with van der Waals surface area (Å²) in [4.78, 5) is 12.1. The third-order valence-corrected chi connectivity index (χ3v) is 9.58. The Morgan fingerprint density at radius 2 is 1.59 bits per heavy atom. The van der Waals surface area contributed by atoms with Crippen molar-refractivity contribution in [2.45, 2.75) is 17.4 Å². The topological polar surface area (TPSA) is 92.5 Å². The standard InChI is InChI=1S/C31H25BrClN3O4S/c1-35(30(31(37)38)19-21-7-3-2-4-8-21)41(39,40)25-17-15-24(16-18-25)36-29(26-9-5-6-10-27(26)32)20-28(34-36)22-11-13-23(33)14-12-22/h2-18,20,30H,19H2,1H3,(H,37,38). The zero-order valence-corrected chi connectivity index (χ0v) is 25.0. The fourth-order valence-electron chi connectivity index (χ4n) is 4.50. The van der Waals surface area contributed by atoms with E-state index >= 15 is 0 Å². The molecule has 7 nitrogen and oxygen atoms in total. The quantitative estimate of drug-likeness (QED) is 0.187. The molecule has 1 aromatic heterocycles. The highest BCUT2D eigenvalue weighted by atomic mass is 79.9. The van der Waals surface area contributed by atoms with E-state index in [1.54, 1.807) is 53.2 Å². The summed E-state index contributed by atoms with van der Waals surface area (Å²) in [6.45, 7) is 0. The zero-order valence-electron chi connectivity index (χ0n) is 21.9. The van der Waals surface area contributed by atoms with Crippen LogP contribution in [0.4, 0.5) is 0 Å². The van der Waals surface area contributed by atoms with Crippen molar-refractivity contribution in [1.29, 1.82) is 0 Å². The van der Waals surface area contributed by atoms with E-state index < -0.39 is 22.0 Å². The number of hydrogen-bond acceptors (Lipinski definition) is 4. The molecule has 10 heteroatoms. The molecule has 0 amide bonds. The van der Waals surface area contributed by atoms with Gasteiger partial charge in [-0.25, -0.2) is 13.1 Å². The molecule has 1 atom stereocenters. The molecular weight excluding hydrogens is 626 g/mol. The molecule has 0 bridgehead atoms. The van der Waals surface area contributed by atoms with Crippen LogP contribution in [0.5, 0.6) is 0 Å². The van der Waals surface area contributed by atoms with Crippen molar-refractivity contribution < 1.29 is 18.3 Å². The fraction of sp³-hybridized carbons (Fsp3) is 0.0968. The highest BCUT2D eigenvalue weighted by Crippen LogP contribution is 2.34. The summed E-state index contributed by atoms with van der Waals surface area (Å²) in [5, 5.41) is 15.3. The van der Waals surface area contributed by atoms with Gasteiger partial charge in [-0.05, 0) is 60.5 Å². The first-order valence-electron chi connectivity index (χ1n) is 12.6. The second-order valence-corrected chi connectivity index (χ2v) is 12.7. The maximum atomic E-state index is 13.5. The van der Waals surface area contributed by atoms with E-state index in [0.717, 1.165) is 31.2 Å². The van der Waals surface area contributed by atoms with Gasteiger partial charge in [-0.3, -0.25) is 4.79 Å². The van der Waals surface area contributed by atoms with Crippen LogP contribution in [0.1, 0.15) is 5.56 Å². The van der Waals surface area contributed by atoms with Crippen molar-refractivity contribution in [2.24, 2.45) is 0 Å². The van der Waals surface area contributed by atoms with Crippen LogP contribution < -0.4 is 0 Å². The van der Waals surface area contributed by atoms with E-state index in [1.807, 2.05) is 48.5 Å². The molecule has 0 aliphatic heterocycles. The molecule has 1 N–H and O–H groups in total. The summed E-state index contributed by atoms with van der Waals surface area (Å²) in [6.07, 6.45) is 0.0417. The molecule has 5 aromatic rings. The van der Waals surface area contributed by atoms with E-state index in [0.29, 0.717) is 16.4 Å². The lowest BCUT2D eigenvalue weighted by molar-refractivity contribution is -0.141. The van der Waals surface area contributed by atoms with Crippen molar-refractivity contribution >= 4 is 43.5 Å². The maximum absolute atomic E-state index is 13.5. The summed E-state index contributed by atoms with van der Waals surface area (Å²) < 4.78 is 30.5. The molecule has 0 radical (unpaired) electrons. The van der Waals surface area contributed by atoms with Crippen molar-refractivity contribution in [3.63, 3.8) is 0 Å². The first-order chi connectivity index (χ1) is 19.6. The maximum Gasteiger partial charge on any atom is 0.322 e. The largest absolute Gasteiger partial charge is 0.480 e. The Bertz CT molecular complexity index is 1790. The normalized spacial score (nSPS) is 12.4. The summed E-state index contributed by atoms with van der Waals surface area (Å²) in [6, 6.07) is 31.0. The van der Waals surface area contributed by atoms with E-state index in [9.17, 15) is 18.3 Å². The van der Waals surface area contributed by atoms with Crippen molar-refractivity contribution in [3.8, 4) is 28.2 Å². The highest BCUT2D eigenvalue weighted by Gasteiger charge is 2.33. The van der Waals surface area contributed by atoms with Crippen LogP contribution in [0, 0.1) is 0 Å². The Kier molecular flexibility index (Phi) is 8.42. The van der Waals surface area contributed by atoms with Crippen LogP contribution >= 0.6 is 27.5 Å². The number of hydrogen-bond donors (Lipinski definition) is 1. The molecule has 0 saturated carbocycles. The van der Waals surface area contributed by atoms with Gasteiger partial charge in [0.2, 0.25) is 10.0 Å². The van der Waals surface area contributed by atoms with Gasteiger partial charge >= 0.3 is 5.97 Å². The van der Waals surface area contributed by atoms with Gasteiger partial charge in [0.05, 0.1) is 22.0 Å². The molecule has 1 unspecified atom stereocenters. The minimum atomic E-state index is -4.11. The number of carbonyl (C=O) groups is 1. The fourth-order valence-corrected chi connectivity index (χ4v) is 6.43. The molecule has 0 aliphatic rings. The van der Waals surface area contributed by atoms with Crippen LogP contribution in [0.3, 0.4) is 0 Å². The van der Waals surface area contributed by atoms with Crippen LogP contribution in [-0.2, 0) is 21.2 Å². The summed E-state index contributed by atoms with van der Waals surface area (Å²) in [5.74, 6) is -1.22. The molecule has 4 aromatic carbocycles. The lowest BCUT2D eigenvalue weighted by atomic mass is 10.1. The molecule has 1 heterocycles. The number of likely N-dealkylation sites (N-methyl/N-ethyl adjacent to an activating group) is 1. The molecule has 208 valence electrons. The van der Waals surface area contributed by atoms with E-state index in [1.165, 1.54) is 19.2 Å². The lowest BCUT2D eigenvalue weighted by Crippen LogP contribution is -2.43. The lowest BCUT2D eigenvalue weighted by Gasteiger charge is -2.24. The first-order valence-corrected chi connectivity index (χ1v) is 15.2. The molecular formula is C31H25BrClN3O4S. The molecule has 0 aliphatic carbocycles. The molecule has 5 rings (SSSR count). The van der Waals surface area contributed by atoms with Crippen LogP contribution in [0.25, 0.3) is 28.2 Å². The third kappa shape index (κ3) is 6.13. The smallest absolute Gasteiger partial charge is 0.322 e. The molecule has 41 heavy (non-hydrogen) atoms. The monoisotopic (exact) mass is 649 g/mol. The predicted octanol–water partition coefficient (Wildman–Crippen LogP) is 6.94. The van der Waals surface area contributed by atoms with Gasteiger partial charge in [-0.2, -0.15) is 9.40 Å². The van der Waals surface area contributed by atoms with Gasteiger partial charge in [0.15, 0.2) is 0 Å². The molecule has 0 spiro atoms. The van der Waals surface area contributed by atoms with Crippen LogP contribution in [-0.4, -0.2) is 46.7 Å². The number of carboxylic acids is 1. The van der Waals surface area contributed by atoms with E-state index in [2.05, 4.69) is 15.9 Å². The van der Waals surface area contributed by atoms with Crippen LogP contribution in [0.15, 0.2) is 119 Å². The average molecular weight is 651 g/mol. The number of halogens is 2. The second kappa shape index (κ2) is 12.0. The minimum absolute atomic E-state index is 0.0180. The summed E-state index contributed by atoms with van der Waals surface area (Å²) >= 11 is 9.71. The predicted molar refractivity (Wildman–Crippen MR) is 164 cm³/mol. The van der Waals surface area contributed by atoms with Crippen molar-refractivity contribution in [1.82, 2.24) is 14.1 Å². The number of aromatic nitrogens is 2. The van der Waals surface area contributed by atoms with Crippen molar-refractivity contribution in [3.05, 3.63) is 124 Å². The van der Waals surface area contributed by atoms with Gasteiger partial charge in [0.1, 0.15) is 6.04 Å². The molecule has 0 fully saturated rings. The summed E-state index contributed by atoms with van der Waals surface area (Å²) in [5.41, 5.74) is 4.66. The Morgan fingerprint density at radius 3 is 2.22 bits per heavy atom. The molecule has 0 saturated heterocycles. The third-order valence-electron chi connectivity index (χ3n) is 6.75. The van der Waals surface area contributed by atoms with Gasteiger partial charge < -0.3 is 5.11 Å². The number of benzene rings is 4. The number of aliphatic carboxylic acids is 1. The Hall–Kier alpha value is -3.76. The Balaban J connectivity index is 1.51. The van der Waals surface area contributed by atoms with Crippen LogP contribution in [0.2, 0.25) is 5.02 Å². The summed E-state index contributed by atoms with van der Waals surface area (Å²) in [7, 11) is -2.82. The van der Waals surface area contributed by atoms with Gasteiger partial charge in [-0.1, -0.05) is 88.2 Å². The number of carboxylic acid groups (broad SMARTS) is 1. The van der Waals surface area contributed by atoms with Gasteiger partial charge in [0.25, 0.3) is 0 Å². The first kappa shape index (κ1) is 28.8. The Morgan fingerprint density at radius 1 is 0.951 bits per heavy atom. The van der Waals surface area contributed by atoms with Crippen molar-refractivity contribution in [2.75, 3.05) is 7.05 Å². The Labute approximate surface area is 251 Å².